The summed E-state index contributed by atoms with van der Waals surface area (Å²) < 4.78 is 4.95. The number of phenolic OH excluding ortho intramolecular Hbond substituents is 1. The summed E-state index contributed by atoms with van der Waals surface area (Å²) in [4.78, 5) is 9.89. The minimum absolute atomic E-state index is 0.0358. The van der Waals surface area contributed by atoms with Crippen LogP contribution in [0.1, 0.15) is 5.56 Å². The number of nitro groups is 1. The number of hydrogen-bond acceptors (Lipinski definition) is 5. The van der Waals surface area contributed by atoms with Gasteiger partial charge in [-0.2, -0.15) is 0 Å². The first-order chi connectivity index (χ1) is 7.15. The van der Waals surface area contributed by atoms with Crippen LogP contribution in [0.25, 0.3) is 0 Å². The van der Waals surface area contributed by atoms with Crippen LogP contribution < -0.4 is 0 Å². The van der Waals surface area contributed by atoms with Crippen molar-refractivity contribution in [2.45, 2.75) is 6.61 Å². The third-order valence-corrected chi connectivity index (χ3v) is 1.77. The molecule has 1 aromatic rings. The van der Waals surface area contributed by atoms with Crippen molar-refractivity contribution in [1.82, 2.24) is 0 Å². The minimum atomic E-state index is -0.547. The second-order valence-corrected chi connectivity index (χ2v) is 2.85. The van der Waals surface area contributed by atoms with Gasteiger partial charge >= 0.3 is 0 Å². The lowest BCUT2D eigenvalue weighted by Crippen LogP contribution is -2.00. The van der Waals surface area contributed by atoms with Crippen molar-refractivity contribution in [2.24, 2.45) is 0 Å². The summed E-state index contributed by atoms with van der Waals surface area (Å²) in [6.45, 7) is 0.0336. The molecule has 1 rings (SSSR count). The van der Waals surface area contributed by atoms with Gasteiger partial charge in [0.05, 0.1) is 24.7 Å². The standard InChI is InChI=1S/C9H11NO5/c11-3-4-15-6-7-5-8(10(13)14)1-2-9(7)12/h1-2,5,11-12H,3-4,6H2. The van der Waals surface area contributed by atoms with Gasteiger partial charge in [-0.05, 0) is 6.07 Å². The number of aromatic hydroxyl groups is 1. The van der Waals surface area contributed by atoms with E-state index in [9.17, 15) is 15.2 Å². The normalized spacial score (nSPS) is 10.2. The van der Waals surface area contributed by atoms with E-state index in [-0.39, 0.29) is 31.3 Å². The fourth-order valence-corrected chi connectivity index (χ4v) is 1.05. The van der Waals surface area contributed by atoms with Crippen LogP contribution >= 0.6 is 0 Å². The lowest BCUT2D eigenvalue weighted by Gasteiger charge is -2.04. The molecule has 0 spiro atoms. The summed E-state index contributed by atoms with van der Waals surface area (Å²) in [5.41, 5.74) is 0.230. The maximum atomic E-state index is 10.4. The maximum Gasteiger partial charge on any atom is 0.270 e. The van der Waals surface area contributed by atoms with Crippen molar-refractivity contribution in [3.8, 4) is 5.75 Å². The first-order valence-electron chi connectivity index (χ1n) is 4.30. The summed E-state index contributed by atoms with van der Waals surface area (Å²) >= 11 is 0. The average Bonchev–Trinajstić information content (AvgIpc) is 2.20. The molecule has 0 fully saturated rings. The molecule has 6 heteroatoms. The van der Waals surface area contributed by atoms with Crippen molar-refractivity contribution in [3.05, 3.63) is 33.9 Å². The number of aliphatic hydroxyl groups is 1. The maximum absolute atomic E-state index is 10.4. The summed E-state index contributed by atoms with van der Waals surface area (Å²) in [7, 11) is 0. The lowest BCUT2D eigenvalue weighted by atomic mass is 10.2. The number of nitro benzene ring substituents is 1. The Hall–Kier alpha value is -1.66. The van der Waals surface area contributed by atoms with Crippen molar-refractivity contribution in [2.75, 3.05) is 13.2 Å². The number of rotatable bonds is 5. The Morgan fingerprint density at radius 2 is 2.20 bits per heavy atom. The molecular formula is C9H11NO5. The van der Waals surface area contributed by atoms with E-state index in [0.717, 1.165) is 0 Å². The monoisotopic (exact) mass is 213 g/mol. The van der Waals surface area contributed by atoms with Crippen LogP contribution in [-0.4, -0.2) is 28.4 Å². The summed E-state index contributed by atoms with van der Waals surface area (Å²) in [5, 5.41) is 28.2. The van der Waals surface area contributed by atoms with Crippen molar-refractivity contribution < 1.29 is 19.9 Å². The Morgan fingerprint density at radius 3 is 2.80 bits per heavy atom. The van der Waals surface area contributed by atoms with Crippen LogP contribution in [0.3, 0.4) is 0 Å². The highest BCUT2D eigenvalue weighted by atomic mass is 16.6. The number of ether oxygens (including phenoxy) is 1. The topological polar surface area (TPSA) is 92.8 Å². The number of phenols is 1. The zero-order valence-electron chi connectivity index (χ0n) is 7.92. The molecule has 0 atom stereocenters. The van der Waals surface area contributed by atoms with Gasteiger partial charge in [-0.15, -0.1) is 0 Å². The number of non-ortho nitro benzene ring substituents is 1. The van der Waals surface area contributed by atoms with Crippen molar-refractivity contribution >= 4 is 5.69 Å². The lowest BCUT2D eigenvalue weighted by molar-refractivity contribution is -0.385. The number of hydrogen-bond donors (Lipinski definition) is 2. The van der Waals surface area contributed by atoms with E-state index in [1.54, 1.807) is 0 Å². The molecule has 2 N–H and O–H groups in total. The molecule has 1 aromatic carbocycles. The molecule has 82 valence electrons. The zero-order chi connectivity index (χ0) is 11.3. The smallest absolute Gasteiger partial charge is 0.270 e. The molecule has 0 aliphatic carbocycles. The molecule has 0 amide bonds. The van der Waals surface area contributed by atoms with Gasteiger partial charge in [-0.1, -0.05) is 0 Å². The van der Waals surface area contributed by atoms with E-state index >= 15 is 0 Å². The van der Waals surface area contributed by atoms with Crippen LogP contribution in [0, 0.1) is 10.1 Å². The van der Waals surface area contributed by atoms with Gasteiger partial charge in [0.15, 0.2) is 0 Å². The Labute approximate surface area is 85.9 Å². The number of nitrogens with zero attached hydrogens (tertiary/aromatic N) is 1. The van der Waals surface area contributed by atoms with E-state index in [4.69, 9.17) is 9.84 Å². The van der Waals surface area contributed by atoms with Gasteiger partial charge in [0, 0.05) is 17.7 Å². The Kier molecular flexibility index (Phi) is 4.02. The van der Waals surface area contributed by atoms with Crippen LogP contribution in [0.5, 0.6) is 5.75 Å². The van der Waals surface area contributed by atoms with Crippen molar-refractivity contribution in [3.63, 3.8) is 0 Å². The molecule has 0 aliphatic heterocycles. The van der Waals surface area contributed by atoms with Gasteiger partial charge in [0.2, 0.25) is 0 Å². The van der Waals surface area contributed by atoms with E-state index in [1.165, 1.54) is 18.2 Å². The predicted octanol–water partition coefficient (Wildman–Crippen LogP) is 0.809. The molecule has 0 radical (unpaired) electrons. The first kappa shape index (κ1) is 11.4. The average molecular weight is 213 g/mol. The van der Waals surface area contributed by atoms with Crippen LogP contribution in [-0.2, 0) is 11.3 Å². The molecule has 0 aliphatic rings. The minimum Gasteiger partial charge on any atom is -0.508 e. The summed E-state index contributed by atoms with van der Waals surface area (Å²) in [6.07, 6.45) is 0. The molecule has 0 saturated heterocycles. The largest absolute Gasteiger partial charge is 0.508 e. The third-order valence-electron chi connectivity index (χ3n) is 1.77. The SMILES string of the molecule is O=[N+]([O-])c1ccc(O)c(COCCO)c1. The van der Waals surface area contributed by atoms with Gasteiger partial charge < -0.3 is 14.9 Å². The quantitative estimate of drug-likeness (QED) is 0.429. The summed E-state index contributed by atoms with van der Waals surface area (Å²) in [6, 6.07) is 3.70. The Bertz CT molecular complexity index is 352. The number of benzene rings is 1. The van der Waals surface area contributed by atoms with E-state index < -0.39 is 4.92 Å². The van der Waals surface area contributed by atoms with Gasteiger partial charge in [0.25, 0.3) is 5.69 Å². The molecule has 0 bridgehead atoms. The first-order valence-corrected chi connectivity index (χ1v) is 4.30. The zero-order valence-corrected chi connectivity index (χ0v) is 7.92. The van der Waals surface area contributed by atoms with Crippen LogP contribution in [0.2, 0.25) is 0 Å². The highest BCUT2D eigenvalue weighted by Gasteiger charge is 2.09. The molecule has 0 heterocycles. The molecule has 15 heavy (non-hydrogen) atoms. The molecule has 0 aromatic heterocycles. The second-order valence-electron chi connectivity index (χ2n) is 2.85. The van der Waals surface area contributed by atoms with Crippen LogP contribution in [0.4, 0.5) is 5.69 Å². The van der Waals surface area contributed by atoms with Gasteiger partial charge in [0.1, 0.15) is 5.75 Å². The fraction of sp³-hybridized carbons (Fsp3) is 0.333. The molecular weight excluding hydrogens is 202 g/mol. The summed E-state index contributed by atoms with van der Waals surface area (Å²) in [5.74, 6) is -0.0569. The van der Waals surface area contributed by atoms with Crippen molar-refractivity contribution in [1.29, 1.82) is 0 Å². The van der Waals surface area contributed by atoms with Gasteiger partial charge in [-0.3, -0.25) is 10.1 Å². The third kappa shape index (κ3) is 3.19. The van der Waals surface area contributed by atoms with Crippen LogP contribution in [0.15, 0.2) is 18.2 Å². The Balaban J connectivity index is 2.76. The Morgan fingerprint density at radius 1 is 1.47 bits per heavy atom. The molecule has 6 nitrogen and oxygen atoms in total. The highest BCUT2D eigenvalue weighted by molar-refractivity contribution is 5.42. The van der Waals surface area contributed by atoms with E-state index in [2.05, 4.69) is 0 Å². The van der Waals surface area contributed by atoms with E-state index in [1.807, 2.05) is 0 Å². The van der Waals surface area contributed by atoms with Gasteiger partial charge in [-0.25, -0.2) is 0 Å². The number of aliphatic hydroxyl groups excluding tert-OH is 1. The fourth-order valence-electron chi connectivity index (χ4n) is 1.05. The predicted molar refractivity (Wildman–Crippen MR) is 51.5 cm³/mol. The molecule has 0 unspecified atom stereocenters. The second kappa shape index (κ2) is 5.28. The van der Waals surface area contributed by atoms with E-state index in [0.29, 0.717) is 5.56 Å². The molecule has 0 saturated carbocycles. The highest BCUT2D eigenvalue weighted by Crippen LogP contribution is 2.23.